The molecule has 2 heterocycles. The van der Waals surface area contributed by atoms with Crippen molar-refractivity contribution in [1.29, 1.82) is 0 Å². The summed E-state index contributed by atoms with van der Waals surface area (Å²) in [5.74, 6) is 0.116. The Morgan fingerprint density at radius 2 is 2.18 bits per heavy atom. The fourth-order valence-corrected chi connectivity index (χ4v) is 2.04. The summed E-state index contributed by atoms with van der Waals surface area (Å²) >= 11 is 5.92. The fraction of sp³-hybridized carbons (Fsp3) is 0.455. The summed E-state index contributed by atoms with van der Waals surface area (Å²) in [6, 6.07) is 1.48. The number of aliphatic hydroxyl groups excluding tert-OH is 1. The van der Waals surface area contributed by atoms with E-state index in [0.717, 1.165) is 0 Å². The number of nitrogens with two attached hydrogens (primary N) is 1. The van der Waals surface area contributed by atoms with Crippen LogP contribution in [0, 0.1) is 0 Å². The van der Waals surface area contributed by atoms with Gasteiger partial charge >= 0.3 is 0 Å². The van der Waals surface area contributed by atoms with Gasteiger partial charge in [0.25, 0.3) is 5.91 Å². The number of carbonyl (C=O) groups is 1. The van der Waals surface area contributed by atoms with Gasteiger partial charge in [0.05, 0.1) is 16.7 Å². The van der Waals surface area contributed by atoms with Crippen LogP contribution in [0.3, 0.4) is 0 Å². The third-order valence-corrected chi connectivity index (χ3v) is 3.16. The lowest BCUT2D eigenvalue weighted by Crippen LogP contribution is -2.40. The third kappa shape index (κ3) is 2.68. The molecule has 0 aromatic carbocycles. The summed E-state index contributed by atoms with van der Waals surface area (Å²) in [5.41, 5.74) is 5.91. The maximum absolute atomic E-state index is 12.2. The van der Waals surface area contributed by atoms with Gasteiger partial charge < -0.3 is 15.7 Å². The van der Waals surface area contributed by atoms with E-state index in [-0.39, 0.29) is 17.8 Å². The Balaban J connectivity index is 2.16. The lowest BCUT2D eigenvalue weighted by molar-refractivity contribution is 0.0546. The van der Waals surface area contributed by atoms with E-state index in [9.17, 15) is 9.90 Å². The summed E-state index contributed by atoms with van der Waals surface area (Å²) in [4.78, 5) is 17.6. The van der Waals surface area contributed by atoms with Crippen LogP contribution in [0.15, 0.2) is 12.3 Å². The van der Waals surface area contributed by atoms with Crippen molar-refractivity contribution in [2.45, 2.75) is 18.9 Å². The number of nitrogen functional groups attached to an aromatic ring is 1. The zero-order chi connectivity index (χ0) is 12.4. The van der Waals surface area contributed by atoms with Crippen molar-refractivity contribution in [3.63, 3.8) is 0 Å². The monoisotopic (exact) mass is 255 g/mol. The standard InChI is InChI=1S/C11H14ClN3O2/c12-9-6-14-10(13)5-8(9)11(17)15-3-1-7(16)2-4-15/h5-7,16H,1-4H2,(H2,13,14). The molecule has 6 heteroatoms. The van der Waals surface area contributed by atoms with E-state index in [1.807, 2.05) is 0 Å². The predicted molar refractivity (Wildman–Crippen MR) is 64.8 cm³/mol. The first-order chi connectivity index (χ1) is 8.08. The summed E-state index contributed by atoms with van der Waals surface area (Å²) in [7, 11) is 0. The van der Waals surface area contributed by atoms with Gasteiger partial charge in [-0.25, -0.2) is 4.98 Å². The van der Waals surface area contributed by atoms with Gasteiger partial charge in [-0.05, 0) is 18.9 Å². The molecule has 3 N–H and O–H groups in total. The van der Waals surface area contributed by atoms with Crippen molar-refractivity contribution >= 4 is 23.3 Å². The van der Waals surface area contributed by atoms with Crippen molar-refractivity contribution in [3.8, 4) is 0 Å². The summed E-state index contributed by atoms with van der Waals surface area (Å²) in [6.45, 7) is 1.08. The molecule has 1 aromatic heterocycles. The van der Waals surface area contributed by atoms with E-state index in [4.69, 9.17) is 17.3 Å². The number of pyridine rings is 1. The number of halogens is 1. The lowest BCUT2D eigenvalue weighted by atomic mass is 10.1. The number of amides is 1. The first-order valence-corrected chi connectivity index (χ1v) is 5.84. The normalized spacial score (nSPS) is 17.2. The largest absolute Gasteiger partial charge is 0.393 e. The Labute approximate surface area is 104 Å². The van der Waals surface area contributed by atoms with Crippen LogP contribution in [0.1, 0.15) is 23.2 Å². The molecule has 1 aromatic rings. The number of hydrogen-bond donors (Lipinski definition) is 2. The highest BCUT2D eigenvalue weighted by Crippen LogP contribution is 2.20. The molecule has 0 aliphatic carbocycles. The van der Waals surface area contributed by atoms with Gasteiger partial charge in [-0.2, -0.15) is 0 Å². The van der Waals surface area contributed by atoms with Crippen LogP contribution >= 0.6 is 11.6 Å². The summed E-state index contributed by atoms with van der Waals surface area (Å²) in [6.07, 6.45) is 2.27. The Hall–Kier alpha value is -1.33. The van der Waals surface area contributed by atoms with Crippen LogP contribution in [-0.4, -0.2) is 40.1 Å². The van der Waals surface area contributed by atoms with Crippen molar-refractivity contribution in [2.24, 2.45) is 0 Å². The predicted octanol–water partition coefficient (Wildman–Crippen LogP) is 0.914. The number of carbonyl (C=O) groups excluding carboxylic acids is 1. The van der Waals surface area contributed by atoms with Gasteiger partial charge in [0.1, 0.15) is 5.82 Å². The highest BCUT2D eigenvalue weighted by Gasteiger charge is 2.23. The maximum atomic E-state index is 12.2. The average Bonchev–Trinajstić information content (AvgIpc) is 2.32. The van der Waals surface area contributed by atoms with Crippen molar-refractivity contribution in [1.82, 2.24) is 9.88 Å². The molecule has 1 saturated heterocycles. The second kappa shape index (κ2) is 4.89. The molecule has 1 amide bonds. The van der Waals surface area contributed by atoms with E-state index >= 15 is 0 Å². The van der Waals surface area contributed by atoms with Gasteiger partial charge in [0.2, 0.25) is 0 Å². The molecule has 0 unspecified atom stereocenters. The molecule has 5 nitrogen and oxygen atoms in total. The van der Waals surface area contributed by atoms with Crippen molar-refractivity contribution in [2.75, 3.05) is 18.8 Å². The topological polar surface area (TPSA) is 79.5 Å². The van der Waals surface area contributed by atoms with Gasteiger partial charge in [0.15, 0.2) is 0 Å². The fourth-order valence-electron chi connectivity index (χ4n) is 1.86. The number of hydrogen-bond acceptors (Lipinski definition) is 4. The lowest BCUT2D eigenvalue weighted by Gasteiger charge is -2.29. The smallest absolute Gasteiger partial charge is 0.255 e. The molecular weight excluding hydrogens is 242 g/mol. The Bertz CT molecular complexity index is 431. The number of anilines is 1. The quantitative estimate of drug-likeness (QED) is 0.782. The van der Waals surface area contributed by atoms with Crippen LogP contribution in [0.25, 0.3) is 0 Å². The highest BCUT2D eigenvalue weighted by atomic mass is 35.5. The minimum absolute atomic E-state index is 0.156. The maximum Gasteiger partial charge on any atom is 0.255 e. The number of aliphatic hydroxyl groups is 1. The Kier molecular flexibility index (Phi) is 3.49. The summed E-state index contributed by atoms with van der Waals surface area (Å²) < 4.78 is 0. The van der Waals surface area contributed by atoms with Crippen LogP contribution in [0.4, 0.5) is 5.82 Å². The minimum atomic E-state index is -0.308. The SMILES string of the molecule is Nc1cc(C(=O)N2CCC(O)CC2)c(Cl)cn1. The molecule has 92 valence electrons. The van der Waals surface area contributed by atoms with Crippen LogP contribution in [-0.2, 0) is 0 Å². The average molecular weight is 256 g/mol. The van der Waals surface area contributed by atoms with Gasteiger partial charge in [0, 0.05) is 19.3 Å². The number of likely N-dealkylation sites (tertiary alicyclic amines) is 1. The van der Waals surface area contributed by atoms with E-state index in [1.54, 1.807) is 4.90 Å². The Morgan fingerprint density at radius 1 is 1.53 bits per heavy atom. The molecule has 0 atom stereocenters. The van der Waals surface area contributed by atoms with E-state index in [1.165, 1.54) is 12.3 Å². The first kappa shape index (κ1) is 12.1. The van der Waals surface area contributed by atoms with Crippen LogP contribution in [0.2, 0.25) is 5.02 Å². The number of piperidine rings is 1. The van der Waals surface area contributed by atoms with Gasteiger partial charge in [-0.3, -0.25) is 4.79 Å². The second-order valence-electron chi connectivity index (χ2n) is 4.11. The van der Waals surface area contributed by atoms with Crippen molar-refractivity contribution < 1.29 is 9.90 Å². The molecule has 0 bridgehead atoms. The Morgan fingerprint density at radius 3 is 2.82 bits per heavy atom. The van der Waals surface area contributed by atoms with Gasteiger partial charge in [-0.1, -0.05) is 11.6 Å². The molecule has 17 heavy (non-hydrogen) atoms. The molecule has 0 radical (unpaired) electrons. The molecule has 0 saturated carbocycles. The molecule has 1 aliphatic heterocycles. The molecule has 2 rings (SSSR count). The first-order valence-electron chi connectivity index (χ1n) is 5.46. The molecule has 0 spiro atoms. The zero-order valence-corrected chi connectivity index (χ0v) is 10.0. The van der Waals surface area contributed by atoms with Gasteiger partial charge in [-0.15, -0.1) is 0 Å². The van der Waals surface area contributed by atoms with E-state index in [0.29, 0.717) is 36.5 Å². The zero-order valence-electron chi connectivity index (χ0n) is 9.27. The second-order valence-corrected chi connectivity index (χ2v) is 4.52. The van der Waals surface area contributed by atoms with E-state index < -0.39 is 0 Å². The molecule has 1 aliphatic rings. The van der Waals surface area contributed by atoms with Crippen LogP contribution < -0.4 is 5.73 Å². The minimum Gasteiger partial charge on any atom is -0.393 e. The summed E-state index contributed by atoms with van der Waals surface area (Å²) in [5, 5.41) is 9.69. The number of nitrogens with zero attached hydrogens (tertiary/aromatic N) is 2. The van der Waals surface area contributed by atoms with Crippen LogP contribution in [0.5, 0.6) is 0 Å². The highest BCUT2D eigenvalue weighted by molar-refractivity contribution is 6.33. The number of aromatic nitrogens is 1. The molecule has 1 fully saturated rings. The van der Waals surface area contributed by atoms with E-state index in [2.05, 4.69) is 4.98 Å². The molecular formula is C11H14ClN3O2. The van der Waals surface area contributed by atoms with Crippen molar-refractivity contribution in [3.05, 3.63) is 22.8 Å². The third-order valence-electron chi connectivity index (χ3n) is 2.86. The number of rotatable bonds is 1.